The smallest absolute Gasteiger partial charge is 0.358 e. The zero-order valence-electron chi connectivity index (χ0n) is 12.3. The monoisotopic (exact) mass is 311 g/mol. The highest BCUT2D eigenvalue weighted by Crippen LogP contribution is 2.38. The van der Waals surface area contributed by atoms with Crippen molar-refractivity contribution in [2.75, 3.05) is 7.11 Å². The highest BCUT2D eigenvalue weighted by atomic mass is 16.5. The molecule has 1 aliphatic rings. The Labute approximate surface area is 131 Å². The SMILES string of the molecule is COC(=O)c1cn(-c2cc(-c3nc(C4CC4)no3)ccn2)cn1. The van der Waals surface area contributed by atoms with E-state index in [0.717, 1.165) is 24.2 Å². The van der Waals surface area contributed by atoms with Gasteiger partial charge in [0, 0.05) is 23.9 Å². The van der Waals surface area contributed by atoms with Gasteiger partial charge in [0.2, 0.25) is 0 Å². The second kappa shape index (κ2) is 5.31. The van der Waals surface area contributed by atoms with Crippen molar-refractivity contribution in [3.8, 4) is 17.3 Å². The molecule has 1 saturated carbocycles. The Balaban J connectivity index is 1.65. The van der Waals surface area contributed by atoms with E-state index in [2.05, 4.69) is 24.8 Å². The third-order valence-corrected chi connectivity index (χ3v) is 3.62. The molecule has 3 aromatic rings. The second-order valence-electron chi connectivity index (χ2n) is 5.29. The van der Waals surface area contributed by atoms with E-state index in [0.29, 0.717) is 17.6 Å². The third-order valence-electron chi connectivity index (χ3n) is 3.62. The van der Waals surface area contributed by atoms with Gasteiger partial charge in [-0.2, -0.15) is 4.98 Å². The summed E-state index contributed by atoms with van der Waals surface area (Å²) in [7, 11) is 1.31. The molecule has 0 aromatic carbocycles. The van der Waals surface area contributed by atoms with Crippen molar-refractivity contribution in [3.63, 3.8) is 0 Å². The lowest BCUT2D eigenvalue weighted by atomic mass is 10.2. The molecule has 0 atom stereocenters. The van der Waals surface area contributed by atoms with Crippen LogP contribution in [0, 0.1) is 0 Å². The highest BCUT2D eigenvalue weighted by Gasteiger charge is 2.29. The van der Waals surface area contributed by atoms with Gasteiger partial charge in [0.1, 0.15) is 12.1 Å². The molecule has 1 aliphatic carbocycles. The van der Waals surface area contributed by atoms with Crippen LogP contribution in [0.3, 0.4) is 0 Å². The number of ether oxygens (including phenoxy) is 1. The lowest BCUT2D eigenvalue weighted by Crippen LogP contribution is -2.01. The molecule has 4 rings (SSSR count). The number of nitrogens with zero attached hydrogens (tertiary/aromatic N) is 5. The molecular weight excluding hydrogens is 298 g/mol. The molecule has 0 saturated heterocycles. The van der Waals surface area contributed by atoms with Crippen molar-refractivity contribution in [3.05, 3.63) is 42.4 Å². The lowest BCUT2D eigenvalue weighted by Gasteiger charge is -2.01. The van der Waals surface area contributed by atoms with E-state index < -0.39 is 5.97 Å². The molecule has 3 aromatic heterocycles. The summed E-state index contributed by atoms with van der Waals surface area (Å²) in [4.78, 5) is 24.2. The Bertz CT molecular complexity index is 865. The fraction of sp³-hybridized carbons (Fsp3) is 0.267. The topological polar surface area (TPSA) is 95.9 Å². The number of imidazole rings is 1. The number of hydrogen-bond donors (Lipinski definition) is 0. The predicted octanol–water partition coefficient (Wildman–Crippen LogP) is 1.98. The van der Waals surface area contributed by atoms with Crippen LogP contribution in [0.1, 0.15) is 35.1 Å². The third kappa shape index (κ3) is 2.59. The van der Waals surface area contributed by atoms with Crippen LogP contribution in [0.25, 0.3) is 17.3 Å². The molecule has 0 unspecified atom stereocenters. The summed E-state index contributed by atoms with van der Waals surface area (Å²) in [6.07, 6.45) is 6.94. The first-order chi connectivity index (χ1) is 11.2. The molecule has 0 N–H and O–H groups in total. The summed E-state index contributed by atoms with van der Waals surface area (Å²) in [6.45, 7) is 0. The van der Waals surface area contributed by atoms with Crippen molar-refractivity contribution in [1.82, 2.24) is 24.7 Å². The maximum absolute atomic E-state index is 11.5. The fourth-order valence-electron chi connectivity index (χ4n) is 2.21. The molecule has 23 heavy (non-hydrogen) atoms. The van der Waals surface area contributed by atoms with Crippen LogP contribution in [-0.4, -0.2) is 37.8 Å². The van der Waals surface area contributed by atoms with Gasteiger partial charge in [-0.1, -0.05) is 5.16 Å². The van der Waals surface area contributed by atoms with Gasteiger partial charge in [0.15, 0.2) is 11.5 Å². The molecule has 116 valence electrons. The van der Waals surface area contributed by atoms with Crippen LogP contribution >= 0.6 is 0 Å². The van der Waals surface area contributed by atoms with Crippen LogP contribution in [0.4, 0.5) is 0 Å². The molecule has 0 amide bonds. The van der Waals surface area contributed by atoms with Gasteiger partial charge in [-0.05, 0) is 25.0 Å². The Morgan fingerprint density at radius 2 is 2.26 bits per heavy atom. The van der Waals surface area contributed by atoms with Crippen LogP contribution in [-0.2, 0) is 4.74 Å². The average Bonchev–Trinajstić information content (AvgIpc) is 3.13. The van der Waals surface area contributed by atoms with Gasteiger partial charge in [-0.3, -0.25) is 4.57 Å². The van der Waals surface area contributed by atoms with Crippen LogP contribution in [0.2, 0.25) is 0 Å². The Morgan fingerprint density at radius 3 is 3.04 bits per heavy atom. The number of carbonyl (C=O) groups excluding carboxylic acids is 1. The zero-order valence-corrected chi connectivity index (χ0v) is 12.3. The van der Waals surface area contributed by atoms with Crippen LogP contribution in [0.5, 0.6) is 0 Å². The van der Waals surface area contributed by atoms with E-state index in [9.17, 15) is 4.79 Å². The first kappa shape index (κ1) is 13.6. The number of hydrogen-bond acceptors (Lipinski definition) is 7. The first-order valence-electron chi connectivity index (χ1n) is 7.17. The maximum Gasteiger partial charge on any atom is 0.358 e. The number of carbonyl (C=O) groups is 1. The highest BCUT2D eigenvalue weighted by molar-refractivity contribution is 5.86. The largest absolute Gasteiger partial charge is 0.464 e. The first-order valence-corrected chi connectivity index (χ1v) is 7.17. The molecule has 3 heterocycles. The van der Waals surface area contributed by atoms with E-state index >= 15 is 0 Å². The number of pyridine rings is 1. The summed E-state index contributed by atoms with van der Waals surface area (Å²) in [5.74, 6) is 1.75. The molecule has 0 spiro atoms. The molecule has 8 heteroatoms. The molecule has 0 aliphatic heterocycles. The van der Waals surface area contributed by atoms with Crippen molar-refractivity contribution in [1.29, 1.82) is 0 Å². The lowest BCUT2D eigenvalue weighted by molar-refractivity contribution is 0.0594. The quantitative estimate of drug-likeness (QED) is 0.680. The van der Waals surface area contributed by atoms with Gasteiger partial charge >= 0.3 is 5.97 Å². The molecule has 0 radical (unpaired) electrons. The van der Waals surface area contributed by atoms with Crippen molar-refractivity contribution >= 4 is 5.97 Å². The minimum Gasteiger partial charge on any atom is -0.464 e. The van der Waals surface area contributed by atoms with E-state index in [1.165, 1.54) is 13.4 Å². The Kier molecular flexibility index (Phi) is 3.14. The Hall–Kier alpha value is -3.03. The van der Waals surface area contributed by atoms with Crippen molar-refractivity contribution < 1.29 is 14.1 Å². The summed E-state index contributed by atoms with van der Waals surface area (Å²) in [5, 5.41) is 4.01. The van der Waals surface area contributed by atoms with Gasteiger partial charge in [-0.15, -0.1) is 0 Å². The molecule has 8 nitrogen and oxygen atoms in total. The number of aromatic nitrogens is 5. The summed E-state index contributed by atoms with van der Waals surface area (Å²) < 4.78 is 11.6. The predicted molar refractivity (Wildman–Crippen MR) is 78.0 cm³/mol. The van der Waals surface area contributed by atoms with Crippen LogP contribution in [0.15, 0.2) is 35.4 Å². The van der Waals surface area contributed by atoms with Gasteiger partial charge in [0.05, 0.1) is 7.11 Å². The van der Waals surface area contributed by atoms with E-state index in [-0.39, 0.29) is 5.69 Å². The summed E-state index contributed by atoms with van der Waals surface area (Å²) in [5.41, 5.74) is 0.983. The maximum atomic E-state index is 11.5. The standard InChI is InChI=1S/C15H13N5O3/c1-22-15(21)11-7-20(8-17-11)12-6-10(4-5-16-12)14-18-13(19-23-14)9-2-3-9/h4-9H,2-3H2,1H3. The number of methoxy groups -OCH3 is 1. The van der Waals surface area contributed by atoms with E-state index in [4.69, 9.17) is 4.52 Å². The summed E-state index contributed by atoms with van der Waals surface area (Å²) in [6, 6.07) is 3.60. The van der Waals surface area contributed by atoms with Gasteiger partial charge in [0.25, 0.3) is 5.89 Å². The number of esters is 1. The minimum absolute atomic E-state index is 0.216. The molecule has 0 bridgehead atoms. The fourth-order valence-corrected chi connectivity index (χ4v) is 2.21. The normalized spacial score (nSPS) is 14.0. The molecular formula is C15H13N5O3. The Morgan fingerprint density at radius 1 is 1.39 bits per heavy atom. The van der Waals surface area contributed by atoms with E-state index in [1.54, 1.807) is 29.1 Å². The minimum atomic E-state index is -0.495. The van der Waals surface area contributed by atoms with Gasteiger partial charge < -0.3 is 9.26 Å². The van der Waals surface area contributed by atoms with Crippen LogP contribution < -0.4 is 0 Å². The zero-order chi connectivity index (χ0) is 15.8. The second-order valence-corrected chi connectivity index (χ2v) is 5.29. The van der Waals surface area contributed by atoms with Crippen molar-refractivity contribution in [2.24, 2.45) is 0 Å². The average molecular weight is 311 g/mol. The number of rotatable bonds is 4. The summed E-state index contributed by atoms with van der Waals surface area (Å²) >= 11 is 0. The van der Waals surface area contributed by atoms with Crippen molar-refractivity contribution in [2.45, 2.75) is 18.8 Å². The van der Waals surface area contributed by atoms with E-state index in [1.807, 2.05) is 0 Å². The van der Waals surface area contributed by atoms with Gasteiger partial charge in [-0.25, -0.2) is 14.8 Å². The molecule has 1 fully saturated rings.